The van der Waals surface area contributed by atoms with E-state index in [0.717, 1.165) is 29.9 Å². The standard InChI is InChI=1S/C28H18FN3/c29-24-15-22(17-30)28(23(16-24)18-31)21-11-13-25(14-12-21)32-26-7-3-1-5-19(26)9-10-20-6-2-4-8-27(20)32/h1-8,11-16H,9-10H2. The largest absolute Gasteiger partial charge is 0.310 e. The minimum atomic E-state index is -0.587. The molecule has 152 valence electrons. The smallest absolute Gasteiger partial charge is 0.125 e. The Labute approximate surface area is 186 Å². The molecule has 1 aliphatic heterocycles. The number of rotatable bonds is 2. The van der Waals surface area contributed by atoms with Crippen molar-refractivity contribution in [2.75, 3.05) is 4.90 Å². The van der Waals surface area contributed by atoms with Crippen molar-refractivity contribution >= 4 is 17.1 Å². The van der Waals surface area contributed by atoms with Crippen LogP contribution in [0.4, 0.5) is 21.5 Å². The van der Waals surface area contributed by atoms with Crippen molar-refractivity contribution in [2.24, 2.45) is 0 Å². The molecule has 32 heavy (non-hydrogen) atoms. The predicted molar refractivity (Wildman–Crippen MR) is 123 cm³/mol. The molecule has 0 amide bonds. The first-order chi connectivity index (χ1) is 15.7. The lowest BCUT2D eigenvalue weighted by Gasteiger charge is -2.27. The summed E-state index contributed by atoms with van der Waals surface area (Å²) < 4.78 is 13.8. The van der Waals surface area contributed by atoms with Gasteiger partial charge in [0.2, 0.25) is 0 Å². The Kier molecular flexibility index (Phi) is 4.90. The molecule has 0 radical (unpaired) electrons. The van der Waals surface area contributed by atoms with Gasteiger partial charge in [-0.2, -0.15) is 10.5 Å². The maximum absolute atomic E-state index is 13.8. The molecule has 3 nitrogen and oxygen atoms in total. The topological polar surface area (TPSA) is 50.8 Å². The number of fused-ring (bicyclic) bond motifs is 2. The number of hydrogen-bond acceptors (Lipinski definition) is 3. The molecular weight excluding hydrogens is 397 g/mol. The summed E-state index contributed by atoms with van der Waals surface area (Å²) in [7, 11) is 0. The summed E-state index contributed by atoms with van der Waals surface area (Å²) in [4.78, 5) is 2.25. The first-order valence-corrected chi connectivity index (χ1v) is 10.4. The van der Waals surface area contributed by atoms with E-state index in [-0.39, 0.29) is 11.1 Å². The van der Waals surface area contributed by atoms with Gasteiger partial charge in [0.25, 0.3) is 0 Å². The van der Waals surface area contributed by atoms with Gasteiger partial charge < -0.3 is 4.90 Å². The van der Waals surface area contributed by atoms with Gasteiger partial charge in [-0.1, -0.05) is 48.5 Å². The quantitative estimate of drug-likeness (QED) is 0.362. The highest BCUT2D eigenvalue weighted by Gasteiger charge is 2.22. The summed E-state index contributed by atoms with van der Waals surface area (Å²) >= 11 is 0. The van der Waals surface area contributed by atoms with Crippen molar-refractivity contribution in [3.8, 4) is 23.3 Å². The third kappa shape index (κ3) is 3.29. The molecule has 0 fully saturated rings. The van der Waals surface area contributed by atoms with E-state index in [9.17, 15) is 14.9 Å². The highest BCUT2D eigenvalue weighted by molar-refractivity contribution is 5.83. The van der Waals surface area contributed by atoms with Gasteiger partial charge in [0.15, 0.2) is 0 Å². The van der Waals surface area contributed by atoms with E-state index in [0.29, 0.717) is 11.1 Å². The molecule has 4 aromatic rings. The summed E-state index contributed by atoms with van der Waals surface area (Å²) in [5, 5.41) is 19.0. The number of nitrogens with zero attached hydrogens (tertiary/aromatic N) is 3. The van der Waals surface area contributed by atoms with Gasteiger partial charge in [-0.05, 0) is 65.9 Å². The van der Waals surface area contributed by atoms with Gasteiger partial charge in [-0.3, -0.25) is 0 Å². The van der Waals surface area contributed by atoms with Gasteiger partial charge in [0.1, 0.15) is 5.82 Å². The SMILES string of the molecule is N#Cc1cc(F)cc(C#N)c1-c1ccc(N2c3ccccc3CCc3ccccc32)cc1. The third-order valence-corrected chi connectivity index (χ3v) is 5.89. The van der Waals surface area contributed by atoms with Gasteiger partial charge in [0.05, 0.1) is 23.3 Å². The van der Waals surface area contributed by atoms with E-state index in [2.05, 4.69) is 41.3 Å². The minimum Gasteiger partial charge on any atom is -0.310 e. The molecule has 0 bridgehead atoms. The molecule has 0 atom stereocenters. The molecule has 4 aromatic carbocycles. The lowest BCUT2D eigenvalue weighted by Crippen LogP contribution is -2.11. The second-order valence-electron chi connectivity index (χ2n) is 7.74. The summed E-state index contributed by atoms with van der Waals surface area (Å²) in [5.41, 5.74) is 7.30. The van der Waals surface area contributed by atoms with E-state index in [1.165, 1.54) is 23.3 Å². The van der Waals surface area contributed by atoms with Crippen LogP contribution in [0.15, 0.2) is 84.9 Å². The Morgan fingerprint density at radius 3 is 1.69 bits per heavy atom. The van der Waals surface area contributed by atoms with Crippen LogP contribution >= 0.6 is 0 Å². The molecule has 0 N–H and O–H groups in total. The average molecular weight is 415 g/mol. The normalized spacial score (nSPS) is 12.2. The van der Waals surface area contributed by atoms with Crippen molar-refractivity contribution < 1.29 is 4.39 Å². The first-order valence-electron chi connectivity index (χ1n) is 10.4. The van der Waals surface area contributed by atoms with Crippen LogP contribution in [-0.4, -0.2) is 0 Å². The molecular formula is C28H18FN3. The van der Waals surface area contributed by atoms with E-state index in [1.807, 2.05) is 48.5 Å². The number of para-hydroxylation sites is 2. The Morgan fingerprint density at radius 2 is 1.19 bits per heavy atom. The lowest BCUT2D eigenvalue weighted by atomic mass is 9.95. The monoisotopic (exact) mass is 415 g/mol. The zero-order chi connectivity index (χ0) is 22.1. The number of aryl methyl sites for hydroxylation is 2. The van der Waals surface area contributed by atoms with E-state index in [4.69, 9.17) is 0 Å². The summed E-state index contributed by atoms with van der Waals surface area (Å²) in [6.45, 7) is 0. The van der Waals surface area contributed by atoms with Crippen LogP contribution in [0.5, 0.6) is 0 Å². The Bertz CT molecular complexity index is 1330. The first kappa shape index (κ1) is 19.5. The van der Waals surface area contributed by atoms with Crippen molar-refractivity contribution in [3.63, 3.8) is 0 Å². The fourth-order valence-electron chi connectivity index (χ4n) is 4.43. The zero-order valence-corrected chi connectivity index (χ0v) is 17.2. The summed E-state index contributed by atoms with van der Waals surface area (Å²) in [6, 6.07) is 31.0. The molecule has 0 unspecified atom stereocenters. The number of anilines is 3. The van der Waals surface area contributed by atoms with Crippen LogP contribution in [0, 0.1) is 28.5 Å². The van der Waals surface area contributed by atoms with Gasteiger partial charge in [0, 0.05) is 22.6 Å². The highest BCUT2D eigenvalue weighted by atomic mass is 19.1. The highest BCUT2D eigenvalue weighted by Crippen LogP contribution is 2.42. The predicted octanol–water partition coefficient (Wildman–Crippen LogP) is 6.80. The number of hydrogen-bond donors (Lipinski definition) is 0. The summed E-state index contributed by atoms with van der Waals surface area (Å²) in [6.07, 6.45) is 1.93. The molecule has 1 heterocycles. The fourth-order valence-corrected chi connectivity index (χ4v) is 4.43. The molecule has 0 saturated heterocycles. The molecule has 0 aliphatic carbocycles. The van der Waals surface area contributed by atoms with Crippen LogP contribution < -0.4 is 4.90 Å². The number of benzene rings is 4. The Hall–Kier alpha value is -4.41. The van der Waals surface area contributed by atoms with Crippen LogP contribution in [0.1, 0.15) is 22.3 Å². The number of nitriles is 2. The van der Waals surface area contributed by atoms with Crippen LogP contribution in [0.3, 0.4) is 0 Å². The molecule has 4 heteroatoms. The average Bonchev–Trinajstić information content (AvgIpc) is 3.00. The van der Waals surface area contributed by atoms with E-state index < -0.39 is 5.82 Å². The molecule has 0 aromatic heterocycles. The van der Waals surface area contributed by atoms with E-state index in [1.54, 1.807) is 0 Å². The van der Waals surface area contributed by atoms with Crippen LogP contribution in [-0.2, 0) is 12.8 Å². The Balaban J connectivity index is 1.66. The Morgan fingerprint density at radius 1 is 0.688 bits per heavy atom. The maximum Gasteiger partial charge on any atom is 0.125 e. The fraction of sp³-hybridized carbons (Fsp3) is 0.0714. The minimum absolute atomic E-state index is 0.153. The van der Waals surface area contributed by atoms with Crippen LogP contribution in [0.25, 0.3) is 11.1 Å². The van der Waals surface area contributed by atoms with Gasteiger partial charge in [-0.25, -0.2) is 4.39 Å². The molecule has 1 aliphatic rings. The molecule has 0 saturated carbocycles. The molecule has 5 rings (SSSR count). The van der Waals surface area contributed by atoms with Crippen molar-refractivity contribution in [3.05, 3.63) is 113 Å². The van der Waals surface area contributed by atoms with Gasteiger partial charge >= 0.3 is 0 Å². The molecule has 0 spiro atoms. The van der Waals surface area contributed by atoms with E-state index >= 15 is 0 Å². The second kappa shape index (κ2) is 8.02. The van der Waals surface area contributed by atoms with Crippen LogP contribution in [0.2, 0.25) is 0 Å². The second-order valence-corrected chi connectivity index (χ2v) is 7.74. The van der Waals surface area contributed by atoms with Gasteiger partial charge in [-0.15, -0.1) is 0 Å². The van der Waals surface area contributed by atoms with Crippen molar-refractivity contribution in [1.82, 2.24) is 0 Å². The summed E-state index contributed by atoms with van der Waals surface area (Å²) in [5.74, 6) is -0.587. The van der Waals surface area contributed by atoms with Crippen molar-refractivity contribution in [1.29, 1.82) is 10.5 Å². The lowest BCUT2D eigenvalue weighted by molar-refractivity contribution is 0.627. The van der Waals surface area contributed by atoms with Crippen molar-refractivity contribution in [2.45, 2.75) is 12.8 Å². The third-order valence-electron chi connectivity index (χ3n) is 5.89. The zero-order valence-electron chi connectivity index (χ0n) is 17.2. The maximum atomic E-state index is 13.8. The number of halogens is 1.